The second kappa shape index (κ2) is 8.21. The van der Waals surface area contributed by atoms with Gasteiger partial charge in [0.15, 0.2) is 0 Å². The topological polar surface area (TPSA) is 55.4 Å². The fourth-order valence-electron chi connectivity index (χ4n) is 1.87. The molecule has 7 heteroatoms. The molecule has 120 valence electrons. The van der Waals surface area contributed by atoms with E-state index < -0.39 is 10.0 Å². The van der Waals surface area contributed by atoms with Crippen LogP contribution in [0.3, 0.4) is 0 Å². The van der Waals surface area contributed by atoms with E-state index in [9.17, 15) is 8.42 Å². The van der Waals surface area contributed by atoms with E-state index in [4.69, 9.17) is 4.74 Å². The molecule has 0 aliphatic heterocycles. The Morgan fingerprint density at radius 1 is 1.23 bits per heavy atom. The Morgan fingerprint density at radius 2 is 1.95 bits per heavy atom. The molecule has 0 saturated carbocycles. The number of sulfonamides is 1. The second-order valence-electron chi connectivity index (χ2n) is 4.73. The van der Waals surface area contributed by atoms with Crippen molar-refractivity contribution in [3.63, 3.8) is 0 Å². The summed E-state index contributed by atoms with van der Waals surface area (Å²) in [7, 11) is -3.41. The summed E-state index contributed by atoms with van der Waals surface area (Å²) in [5.74, 6) is 0. The Kier molecular flexibility index (Phi) is 6.58. The lowest BCUT2D eigenvalue weighted by molar-refractivity contribution is 0.0647. The van der Waals surface area contributed by atoms with Crippen LogP contribution in [-0.4, -0.2) is 21.6 Å². The molecule has 1 N–H and O–H groups in total. The maximum absolute atomic E-state index is 12.0. The van der Waals surface area contributed by atoms with Crippen molar-refractivity contribution < 1.29 is 13.2 Å². The monoisotopic (exact) mass is 403 g/mol. The number of thiophene rings is 1. The van der Waals surface area contributed by atoms with Crippen molar-refractivity contribution in [1.82, 2.24) is 4.72 Å². The quantitative estimate of drug-likeness (QED) is 0.678. The number of hydrogen-bond donors (Lipinski definition) is 1. The van der Waals surface area contributed by atoms with Gasteiger partial charge >= 0.3 is 0 Å². The van der Waals surface area contributed by atoms with E-state index in [0.717, 1.165) is 9.35 Å². The third-order valence-electron chi connectivity index (χ3n) is 3.06. The maximum Gasteiger partial charge on any atom is 0.250 e. The molecule has 4 nitrogen and oxygen atoms in total. The summed E-state index contributed by atoms with van der Waals surface area (Å²) in [6, 6.07) is 13.3. The van der Waals surface area contributed by atoms with Crippen LogP contribution < -0.4 is 4.72 Å². The van der Waals surface area contributed by atoms with Crippen molar-refractivity contribution >= 4 is 37.3 Å². The molecule has 0 fully saturated rings. The lowest BCUT2D eigenvalue weighted by Gasteiger charge is -2.13. The van der Waals surface area contributed by atoms with Gasteiger partial charge in [0.1, 0.15) is 4.21 Å². The van der Waals surface area contributed by atoms with Crippen molar-refractivity contribution in [3.05, 3.63) is 51.8 Å². The molecule has 2 aromatic rings. The average Bonchev–Trinajstić information content (AvgIpc) is 2.95. The van der Waals surface area contributed by atoms with Crippen molar-refractivity contribution in [2.75, 3.05) is 13.2 Å². The van der Waals surface area contributed by atoms with Crippen LogP contribution in [0, 0.1) is 0 Å². The Labute approximate surface area is 143 Å². The first-order valence-corrected chi connectivity index (χ1v) is 10.00. The van der Waals surface area contributed by atoms with E-state index in [1.807, 2.05) is 37.3 Å². The zero-order valence-corrected chi connectivity index (χ0v) is 15.4. The summed E-state index contributed by atoms with van der Waals surface area (Å²) < 4.78 is 33.4. The van der Waals surface area contributed by atoms with E-state index in [2.05, 4.69) is 20.7 Å². The molecule has 1 aromatic carbocycles. The van der Waals surface area contributed by atoms with E-state index >= 15 is 0 Å². The molecule has 22 heavy (non-hydrogen) atoms. The van der Waals surface area contributed by atoms with E-state index in [-0.39, 0.29) is 6.10 Å². The molecule has 0 aliphatic carbocycles. The predicted molar refractivity (Wildman–Crippen MR) is 92.6 cm³/mol. The molecular weight excluding hydrogens is 386 g/mol. The van der Waals surface area contributed by atoms with Crippen LogP contribution in [0.15, 0.2) is 50.5 Å². The first-order valence-electron chi connectivity index (χ1n) is 6.90. The Hall–Kier alpha value is -0.730. The van der Waals surface area contributed by atoms with Gasteiger partial charge in [0, 0.05) is 13.2 Å². The normalized spacial score (nSPS) is 13.2. The van der Waals surface area contributed by atoms with Crippen LogP contribution in [0.5, 0.6) is 0 Å². The third-order valence-corrected chi connectivity index (χ3v) is 6.64. The molecule has 0 aliphatic rings. The van der Waals surface area contributed by atoms with E-state index in [0.29, 0.717) is 23.8 Å². The molecule has 0 amide bonds. The minimum Gasteiger partial charge on any atom is -0.374 e. The van der Waals surface area contributed by atoms with Crippen molar-refractivity contribution in [2.24, 2.45) is 0 Å². The summed E-state index contributed by atoms with van der Waals surface area (Å²) in [4.78, 5) is 0. The van der Waals surface area contributed by atoms with E-state index in [1.54, 1.807) is 12.1 Å². The van der Waals surface area contributed by atoms with Crippen LogP contribution in [0.2, 0.25) is 0 Å². The minimum atomic E-state index is -3.41. The smallest absolute Gasteiger partial charge is 0.250 e. The van der Waals surface area contributed by atoms with Gasteiger partial charge in [-0.15, -0.1) is 11.3 Å². The van der Waals surface area contributed by atoms with Gasteiger partial charge in [-0.3, -0.25) is 0 Å². The van der Waals surface area contributed by atoms with Crippen LogP contribution in [0.25, 0.3) is 0 Å². The lowest BCUT2D eigenvalue weighted by Crippen LogP contribution is -2.25. The van der Waals surface area contributed by atoms with Crippen LogP contribution in [0.4, 0.5) is 0 Å². The summed E-state index contributed by atoms with van der Waals surface area (Å²) in [6.07, 6.45) is 0.634. The second-order valence-corrected chi connectivity index (χ2v) is 9.19. The number of ether oxygens (including phenoxy) is 1. The van der Waals surface area contributed by atoms with Gasteiger partial charge in [0.05, 0.1) is 9.89 Å². The Morgan fingerprint density at radius 3 is 2.59 bits per heavy atom. The summed E-state index contributed by atoms with van der Waals surface area (Å²) in [6.45, 7) is 2.86. The number of benzene rings is 1. The van der Waals surface area contributed by atoms with Gasteiger partial charge in [-0.1, -0.05) is 30.3 Å². The molecular formula is C15H18BrNO3S2. The highest BCUT2D eigenvalue weighted by Gasteiger charge is 2.15. The minimum absolute atomic E-state index is 0.00561. The molecule has 2 rings (SSSR count). The van der Waals surface area contributed by atoms with Gasteiger partial charge in [-0.05, 0) is 47.0 Å². The van der Waals surface area contributed by atoms with Gasteiger partial charge in [0.25, 0.3) is 0 Å². The largest absolute Gasteiger partial charge is 0.374 e. The molecule has 0 saturated heterocycles. The lowest BCUT2D eigenvalue weighted by atomic mass is 10.1. The fourth-order valence-corrected chi connectivity index (χ4v) is 5.00. The Bertz CT molecular complexity index is 686. The highest BCUT2D eigenvalue weighted by molar-refractivity contribution is 9.11. The first-order chi connectivity index (χ1) is 10.5. The SMILES string of the molecule is CC(OCCCNS(=O)(=O)c1ccc(Br)s1)c1ccccc1. The van der Waals surface area contributed by atoms with Crippen molar-refractivity contribution in [3.8, 4) is 0 Å². The predicted octanol–water partition coefficient (Wildman–Crippen LogP) is 3.96. The van der Waals surface area contributed by atoms with Crippen molar-refractivity contribution in [1.29, 1.82) is 0 Å². The van der Waals surface area contributed by atoms with Gasteiger partial charge < -0.3 is 4.74 Å². The van der Waals surface area contributed by atoms with Crippen molar-refractivity contribution in [2.45, 2.75) is 23.7 Å². The molecule has 1 aromatic heterocycles. The fraction of sp³-hybridized carbons (Fsp3) is 0.333. The highest BCUT2D eigenvalue weighted by atomic mass is 79.9. The number of hydrogen-bond acceptors (Lipinski definition) is 4. The summed E-state index contributed by atoms with van der Waals surface area (Å²) >= 11 is 4.46. The molecule has 0 spiro atoms. The van der Waals surface area contributed by atoms with Crippen LogP contribution in [-0.2, 0) is 14.8 Å². The number of rotatable bonds is 8. The highest BCUT2D eigenvalue weighted by Crippen LogP contribution is 2.25. The standard InChI is InChI=1S/C15H18BrNO3S2/c1-12(13-6-3-2-4-7-13)20-11-5-10-17-22(18,19)15-9-8-14(16)21-15/h2-4,6-9,12,17H,5,10-11H2,1H3. The maximum atomic E-state index is 12.0. The van der Waals surface area contributed by atoms with Gasteiger partial charge in [-0.25, -0.2) is 13.1 Å². The van der Waals surface area contributed by atoms with Crippen LogP contribution in [0.1, 0.15) is 25.0 Å². The third kappa shape index (κ3) is 5.17. The van der Waals surface area contributed by atoms with E-state index in [1.165, 1.54) is 11.3 Å². The summed E-state index contributed by atoms with van der Waals surface area (Å²) in [5, 5.41) is 0. The average molecular weight is 404 g/mol. The number of halogens is 1. The molecule has 1 unspecified atom stereocenters. The Balaban J connectivity index is 1.71. The molecule has 1 heterocycles. The van der Waals surface area contributed by atoms with Crippen LogP contribution >= 0.6 is 27.3 Å². The van der Waals surface area contributed by atoms with Gasteiger partial charge in [-0.2, -0.15) is 0 Å². The molecule has 1 atom stereocenters. The molecule has 0 bridgehead atoms. The zero-order chi connectivity index (χ0) is 16.0. The zero-order valence-electron chi connectivity index (χ0n) is 12.2. The molecule has 0 radical (unpaired) electrons. The van der Waals surface area contributed by atoms with Gasteiger partial charge in [0.2, 0.25) is 10.0 Å². The summed E-state index contributed by atoms with van der Waals surface area (Å²) in [5.41, 5.74) is 1.12. The number of nitrogens with one attached hydrogen (secondary N) is 1. The first kappa shape index (κ1) is 17.6.